The van der Waals surface area contributed by atoms with Crippen molar-refractivity contribution in [2.45, 2.75) is 25.8 Å². The van der Waals surface area contributed by atoms with Crippen molar-refractivity contribution in [3.63, 3.8) is 0 Å². The van der Waals surface area contributed by atoms with Crippen LogP contribution in [-0.2, 0) is 7.05 Å². The molecule has 7 heteroatoms. The SMILES string of the molecule is Cc1nn(C)c(NC2CCSCC2)c1[N+](=O)[O-]. The van der Waals surface area contributed by atoms with Gasteiger partial charge in [0.15, 0.2) is 0 Å². The maximum atomic E-state index is 11.0. The molecular formula is C10H16N4O2S. The third kappa shape index (κ3) is 2.54. The molecule has 0 unspecified atom stereocenters. The van der Waals surface area contributed by atoms with Crippen molar-refractivity contribution < 1.29 is 4.92 Å². The summed E-state index contributed by atoms with van der Waals surface area (Å²) in [6.45, 7) is 1.67. The minimum atomic E-state index is -0.359. The fourth-order valence-electron chi connectivity index (χ4n) is 2.06. The Bertz CT molecular complexity index is 426. The van der Waals surface area contributed by atoms with Gasteiger partial charge in [-0.3, -0.25) is 10.1 Å². The second-order valence-corrected chi connectivity index (χ2v) is 5.42. The van der Waals surface area contributed by atoms with Crippen molar-refractivity contribution in [3.05, 3.63) is 15.8 Å². The summed E-state index contributed by atoms with van der Waals surface area (Å²) < 4.78 is 1.56. The molecule has 6 nitrogen and oxygen atoms in total. The summed E-state index contributed by atoms with van der Waals surface area (Å²) >= 11 is 1.93. The molecule has 0 radical (unpaired) electrons. The average Bonchev–Trinajstić information content (AvgIpc) is 2.55. The maximum Gasteiger partial charge on any atom is 0.333 e. The van der Waals surface area contributed by atoms with E-state index in [0.717, 1.165) is 24.3 Å². The number of thioether (sulfide) groups is 1. The highest BCUT2D eigenvalue weighted by Gasteiger charge is 2.26. The van der Waals surface area contributed by atoms with Crippen LogP contribution in [0.1, 0.15) is 18.5 Å². The van der Waals surface area contributed by atoms with Crippen LogP contribution >= 0.6 is 11.8 Å². The maximum absolute atomic E-state index is 11.0. The van der Waals surface area contributed by atoms with Gasteiger partial charge in [-0.25, -0.2) is 4.68 Å². The van der Waals surface area contributed by atoms with Crippen LogP contribution in [0.5, 0.6) is 0 Å². The number of nitrogens with zero attached hydrogens (tertiary/aromatic N) is 3. The summed E-state index contributed by atoms with van der Waals surface area (Å²) in [7, 11) is 1.74. The highest BCUT2D eigenvalue weighted by Crippen LogP contribution is 2.30. The summed E-state index contributed by atoms with van der Waals surface area (Å²) in [5.41, 5.74) is 0.566. The summed E-state index contributed by atoms with van der Waals surface area (Å²) in [6.07, 6.45) is 2.10. The van der Waals surface area contributed by atoms with Crippen LogP contribution in [0, 0.1) is 17.0 Å². The van der Waals surface area contributed by atoms with Gasteiger partial charge in [0, 0.05) is 13.1 Å². The lowest BCUT2D eigenvalue weighted by Crippen LogP contribution is -2.26. The molecule has 0 atom stereocenters. The van der Waals surface area contributed by atoms with Gasteiger partial charge in [0.25, 0.3) is 0 Å². The molecule has 0 saturated carbocycles. The second-order valence-electron chi connectivity index (χ2n) is 4.19. The van der Waals surface area contributed by atoms with E-state index in [1.54, 1.807) is 18.7 Å². The standard InChI is InChI=1S/C10H16N4O2S/c1-7-9(14(15)16)10(13(2)12-7)11-8-3-5-17-6-4-8/h8,11H,3-6H2,1-2H3. The number of aromatic nitrogens is 2. The number of aryl methyl sites for hydroxylation is 2. The van der Waals surface area contributed by atoms with Gasteiger partial charge in [-0.15, -0.1) is 0 Å². The molecule has 0 aliphatic carbocycles. The third-order valence-corrected chi connectivity index (χ3v) is 3.98. The topological polar surface area (TPSA) is 73.0 Å². The average molecular weight is 256 g/mol. The van der Waals surface area contributed by atoms with Gasteiger partial charge in [0.2, 0.25) is 5.82 Å². The first-order valence-corrected chi connectivity index (χ1v) is 6.77. The summed E-state index contributed by atoms with van der Waals surface area (Å²) in [5, 5.41) is 18.4. The zero-order valence-corrected chi connectivity index (χ0v) is 10.8. The largest absolute Gasteiger partial charge is 0.362 e. The van der Waals surface area contributed by atoms with Crippen molar-refractivity contribution in [3.8, 4) is 0 Å². The molecule has 2 rings (SSSR count). The molecule has 0 amide bonds. The zero-order chi connectivity index (χ0) is 12.4. The van der Waals surface area contributed by atoms with Crippen LogP contribution in [0.4, 0.5) is 11.5 Å². The van der Waals surface area contributed by atoms with E-state index in [1.165, 1.54) is 0 Å². The predicted octanol–water partition coefficient (Wildman–Crippen LogP) is 1.94. The van der Waals surface area contributed by atoms with Gasteiger partial charge < -0.3 is 5.32 Å². The minimum absolute atomic E-state index is 0.103. The third-order valence-electron chi connectivity index (χ3n) is 2.94. The first kappa shape index (κ1) is 12.2. The molecule has 1 aromatic rings. The van der Waals surface area contributed by atoms with E-state index in [4.69, 9.17) is 0 Å². The monoisotopic (exact) mass is 256 g/mol. The molecule has 0 spiro atoms. The Hall–Kier alpha value is -1.24. The van der Waals surface area contributed by atoms with Crippen molar-refractivity contribution in [1.29, 1.82) is 0 Å². The highest BCUT2D eigenvalue weighted by molar-refractivity contribution is 7.99. The van der Waals surface area contributed by atoms with Gasteiger partial charge in [-0.1, -0.05) is 0 Å². The lowest BCUT2D eigenvalue weighted by molar-refractivity contribution is -0.384. The molecule has 17 heavy (non-hydrogen) atoms. The van der Waals surface area contributed by atoms with Crippen LogP contribution in [0.25, 0.3) is 0 Å². The first-order chi connectivity index (χ1) is 8.09. The number of anilines is 1. The molecule has 1 aliphatic heterocycles. The highest BCUT2D eigenvalue weighted by atomic mass is 32.2. The van der Waals surface area contributed by atoms with E-state index >= 15 is 0 Å². The summed E-state index contributed by atoms with van der Waals surface area (Å²) in [6, 6.07) is 0.324. The van der Waals surface area contributed by atoms with Crippen LogP contribution in [0.3, 0.4) is 0 Å². The molecule has 1 N–H and O–H groups in total. The minimum Gasteiger partial charge on any atom is -0.362 e. The Kier molecular flexibility index (Phi) is 3.56. The number of hydrogen-bond acceptors (Lipinski definition) is 5. The normalized spacial score (nSPS) is 17.1. The van der Waals surface area contributed by atoms with E-state index in [1.807, 2.05) is 11.8 Å². The van der Waals surface area contributed by atoms with Crippen molar-refractivity contribution in [1.82, 2.24) is 9.78 Å². The molecule has 1 aliphatic rings. The predicted molar refractivity (Wildman–Crippen MR) is 68.6 cm³/mol. The van der Waals surface area contributed by atoms with E-state index in [-0.39, 0.29) is 10.6 Å². The Morgan fingerprint density at radius 1 is 1.53 bits per heavy atom. The Morgan fingerprint density at radius 3 is 2.76 bits per heavy atom. The first-order valence-electron chi connectivity index (χ1n) is 5.62. The van der Waals surface area contributed by atoms with Gasteiger partial charge in [0.05, 0.1) is 4.92 Å². The molecule has 1 aromatic heterocycles. The van der Waals surface area contributed by atoms with E-state index in [9.17, 15) is 10.1 Å². The fraction of sp³-hybridized carbons (Fsp3) is 0.700. The van der Waals surface area contributed by atoms with Gasteiger partial charge in [0.1, 0.15) is 5.69 Å². The quantitative estimate of drug-likeness (QED) is 0.661. The van der Waals surface area contributed by atoms with Crippen LogP contribution in [0.2, 0.25) is 0 Å². The van der Waals surface area contributed by atoms with Gasteiger partial charge >= 0.3 is 5.69 Å². The van der Waals surface area contributed by atoms with E-state index < -0.39 is 0 Å². The lowest BCUT2D eigenvalue weighted by Gasteiger charge is -2.22. The second kappa shape index (κ2) is 4.95. The van der Waals surface area contributed by atoms with Gasteiger partial charge in [-0.05, 0) is 31.3 Å². The number of hydrogen-bond donors (Lipinski definition) is 1. The Balaban J connectivity index is 2.21. The Morgan fingerprint density at radius 2 is 2.18 bits per heavy atom. The van der Waals surface area contributed by atoms with E-state index in [0.29, 0.717) is 17.6 Å². The molecule has 94 valence electrons. The van der Waals surface area contributed by atoms with Crippen molar-refractivity contribution >= 4 is 23.3 Å². The molecule has 0 aromatic carbocycles. The van der Waals surface area contributed by atoms with Crippen LogP contribution in [0.15, 0.2) is 0 Å². The fourth-order valence-corrected chi connectivity index (χ4v) is 3.17. The smallest absolute Gasteiger partial charge is 0.333 e. The molecule has 1 saturated heterocycles. The Labute approximate surface area is 104 Å². The van der Waals surface area contributed by atoms with Crippen LogP contribution < -0.4 is 5.32 Å². The van der Waals surface area contributed by atoms with E-state index in [2.05, 4.69) is 10.4 Å². The number of nitro groups is 1. The number of rotatable bonds is 3. The van der Waals surface area contributed by atoms with Crippen molar-refractivity contribution in [2.24, 2.45) is 7.05 Å². The zero-order valence-electron chi connectivity index (χ0n) is 9.97. The lowest BCUT2D eigenvalue weighted by atomic mass is 10.1. The molecule has 2 heterocycles. The van der Waals surface area contributed by atoms with Crippen molar-refractivity contribution in [2.75, 3.05) is 16.8 Å². The van der Waals surface area contributed by atoms with Gasteiger partial charge in [-0.2, -0.15) is 16.9 Å². The summed E-state index contributed by atoms with van der Waals surface area (Å²) in [4.78, 5) is 10.6. The van der Waals surface area contributed by atoms with Crippen LogP contribution in [-0.4, -0.2) is 32.3 Å². The molecule has 0 bridgehead atoms. The number of nitrogens with one attached hydrogen (secondary N) is 1. The molecule has 1 fully saturated rings. The molecular weight excluding hydrogens is 240 g/mol. The summed E-state index contributed by atoms with van der Waals surface area (Å²) in [5.74, 6) is 2.76.